The van der Waals surface area contributed by atoms with E-state index in [0.29, 0.717) is 0 Å². The maximum Gasteiger partial charge on any atom is 0.272 e. The van der Waals surface area contributed by atoms with Crippen molar-refractivity contribution in [1.82, 2.24) is 14.5 Å². The van der Waals surface area contributed by atoms with Crippen LogP contribution in [0.4, 0.5) is 5.95 Å². The molecule has 5 heteroatoms. The highest BCUT2D eigenvalue weighted by atomic mass is 16.3. The van der Waals surface area contributed by atoms with Crippen molar-refractivity contribution in [1.29, 1.82) is 0 Å². The number of nitrogens with zero attached hydrogens (tertiary/aromatic N) is 4. The topological polar surface area (TPSA) is 60.1 Å². The monoisotopic (exact) mass is 212 g/mol. The Bertz CT molecular complexity index is 702. The second-order valence-corrected chi connectivity index (χ2v) is 3.57. The summed E-state index contributed by atoms with van der Waals surface area (Å²) in [7, 11) is 1.77. The highest BCUT2D eigenvalue weighted by molar-refractivity contribution is 6.03. The molecule has 0 N–H and O–H groups in total. The van der Waals surface area contributed by atoms with E-state index in [4.69, 9.17) is 0 Å². The molecule has 0 unspecified atom stereocenters. The van der Waals surface area contributed by atoms with E-state index >= 15 is 0 Å². The standard InChI is InChI=1S/C11H8N4O/c1-15-9-5-4-8-7(3-2-6-12-8)10(9)13-11(15)14-16/h2-6H,1H3. The van der Waals surface area contributed by atoms with Crippen LogP contribution in [0.5, 0.6) is 0 Å². The summed E-state index contributed by atoms with van der Waals surface area (Å²) < 4.78 is 1.68. The normalized spacial score (nSPS) is 11.1. The molecule has 3 aromatic rings. The van der Waals surface area contributed by atoms with Gasteiger partial charge in [-0.1, -0.05) is 0 Å². The van der Waals surface area contributed by atoms with E-state index in [-0.39, 0.29) is 5.95 Å². The first-order valence-electron chi connectivity index (χ1n) is 4.85. The molecule has 16 heavy (non-hydrogen) atoms. The molecule has 78 valence electrons. The van der Waals surface area contributed by atoms with Gasteiger partial charge in [0.25, 0.3) is 5.95 Å². The Kier molecular flexibility index (Phi) is 1.73. The maximum atomic E-state index is 10.6. The van der Waals surface area contributed by atoms with Crippen molar-refractivity contribution in [3.8, 4) is 0 Å². The third-order valence-electron chi connectivity index (χ3n) is 2.69. The molecular formula is C11H8N4O. The molecule has 3 rings (SSSR count). The second-order valence-electron chi connectivity index (χ2n) is 3.57. The van der Waals surface area contributed by atoms with Crippen LogP contribution in [-0.2, 0) is 7.05 Å². The molecule has 0 aliphatic heterocycles. The molecule has 0 aliphatic carbocycles. The van der Waals surface area contributed by atoms with Gasteiger partial charge in [0.1, 0.15) is 5.52 Å². The van der Waals surface area contributed by atoms with E-state index < -0.39 is 0 Å². The molecule has 0 radical (unpaired) electrons. The number of aryl methyl sites for hydroxylation is 1. The minimum absolute atomic E-state index is 0.186. The molecule has 2 heterocycles. The third-order valence-corrected chi connectivity index (χ3v) is 2.69. The first kappa shape index (κ1) is 8.96. The molecule has 5 nitrogen and oxygen atoms in total. The van der Waals surface area contributed by atoms with Crippen molar-refractivity contribution < 1.29 is 0 Å². The number of benzene rings is 1. The molecule has 0 amide bonds. The van der Waals surface area contributed by atoms with Crippen molar-refractivity contribution >= 4 is 27.9 Å². The number of hydrogen-bond acceptors (Lipinski definition) is 4. The van der Waals surface area contributed by atoms with Crippen molar-refractivity contribution in [3.63, 3.8) is 0 Å². The van der Waals surface area contributed by atoms with Crippen molar-refractivity contribution in [3.05, 3.63) is 35.4 Å². The molecule has 1 aromatic carbocycles. The Morgan fingerprint density at radius 1 is 1.31 bits per heavy atom. The summed E-state index contributed by atoms with van der Waals surface area (Å²) in [6.45, 7) is 0. The van der Waals surface area contributed by atoms with Crippen molar-refractivity contribution in [2.75, 3.05) is 0 Å². The van der Waals surface area contributed by atoms with E-state index in [0.717, 1.165) is 21.9 Å². The van der Waals surface area contributed by atoms with Gasteiger partial charge in [0.05, 0.1) is 11.0 Å². The third kappa shape index (κ3) is 1.05. The quantitative estimate of drug-likeness (QED) is 0.582. The zero-order valence-electron chi connectivity index (χ0n) is 8.58. The lowest BCUT2D eigenvalue weighted by Gasteiger charge is -1.98. The van der Waals surface area contributed by atoms with Crippen LogP contribution in [0.15, 0.2) is 35.6 Å². The zero-order valence-corrected chi connectivity index (χ0v) is 8.58. The lowest BCUT2D eigenvalue weighted by Crippen LogP contribution is -1.86. The summed E-state index contributed by atoms with van der Waals surface area (Å²) >= 11 is 0. The summed E-state index contributed by atoms with van der Waals surface area (Å²) in [5.41, 5.74) is 2.52. The fourth-order valence-corrected chi connectivity index (χ4v) is 1.88. The lowest BCUT2D eigenvalue weighted by molar-refractivity contribution is 0.941. The van der Waals surface area contributed by atoms with Crippen LogP contribution in [0.3, 0.4) is 0 Å². The van der Waals surface area contributed by atoms with Crippen LogP contribution < -0.4 is 0 Å². The summed E-state index contributed by atoms with van der Waals surface area (Å²) in [6, 6.07) is 7.59. The summed E-state index contributed by atoms with van der Waals surface area (Å²) in [6.07, 6.45) is 1.73. The first-order chi connectivity index (χ1) is 7.81. The van der Waals surface area contributed by atoms with Crippen LogP contribution in [0, 0.1) is 4.91 Å². The van der Waals surface area contributed by atoms with Crippen LogP contribution >= 0.6 is 0 Å². The van der Waals surface area contributed by atoms with Crippen LogP contribution in [-0.4, -0.2) is 14.5 Å². The molecule has 0 fully saturated rings. The van der Waals surface area contributed by atoms with Crippen LogP contribution in [0.2, 0.25) is 0 Å². The molecule has 2 aromatic heterocycles. The van der Waals surface area contributed by atoms with E-state index in [1.165, 1.54) is 0 Å². The minimum atomic E-state index is 0.186. The molecule has 0 bridgehead atoms. The molecular weight excluding hydrogens is 204 g/mol. The smallest absolute Gasteiger partial charge is 0.272 e. The SMILES string of the molecule is Cn1c(N=O)nc2c3cccnc3ccc21. The fraction of sp³-hybridized carbons (Fsp3) is 0.0909. The van der Waals surface area contributed by atoms with Gasteiger partial charge >= 0.3 is 0 Å². The van der Waals surface area contributed by atoms with Crippen LogP contribution in [0.25, 0.3) is 21.9 Å². The number of rotatable bonds is 1. The van der Waals surface area contributed by atoms with Gasteiger partial charge in [0.15, 0.2) is 0 Å². The minimum Gasteiger partial charge on any atom is -0.309 e. The highest BCUT2D eigenvalue weighted by Crippen LogP contribution is 2.26. The Labute approximate surface area is 90.7 Å². The zero-order chi connectivity index (χ0) is 11.1. The van der Waals surface area contributed by atoms with E-state index in [1.54, 1.807) is 17.8 Å². The van der Waals surface area contributed by atoms with Gasteiger partial charge in [-0.2, -0.15) is 0 Å². The fourth-order valence-electron chi connectivity index (χ4n) is 1.88. The number of hydrogen-bond donors (Lipinski definition) is 0. The second kappa shape index (κ2) is 3.10. The Morgan fingerprint density at radius 2 is 2.19 bits per heavy atom. The van der Waals surface area contributed by atoms with Gasteiger partial charge in [-0.25, -0.2) is 4.98 Å². The number of imidazole rings is 1. The molecule has 0 atom stereocenters. The van der Waals surface area contributed by atoms with Gasteiger partial charge in [-0.3, -0.25) is 4.98 Å². The predicted octanol–water partition coefficient (Wildman–Crippen LogP) is 2.52. The molecule has 0 saturated carbocycles. The van der Waals surface area contributed by atoms with E-state index in [1.807, 2.05) is 24.3 Å². The van der Waals surface area contributed by atoms with Crippen LogP contribution in [0.1, 0.15) is 0 Å². The van der Waals surface area contributed by atoms with Crippen molar-refractivity contribution in [2.45, 2.75) is 0 Å². The number of aromatic nitrogens is 3. The molecule has 0 aliphatic rings. The van der Waals surface area contributed by atoms with Gasteiger partial charge in [0.2, 0.25) is 0 Å². The Hall–Kier alpha value is -2.30. The van der Waals surface area contributed by atoms with Gasteiger partial charge in [0, 0.05) is 23.8 Å². The van der Waals surface area contributed by atoms with E-state index in [9.17, 15) is 4.91 Å². The van der Waals surface area contributed by atoms with E-state index in [2.05, 4.69) is 15.1 Å². The number of nitroso groups, excluding NO2 is 1. The largest absolute Gasteiger partial charge is 0.309 e. The van der Waals surface area contributed by atoms with Crippen molar-refractivity contribution in [2.24, 2.45) is 12.2 Å². The van der Waals surface area contributed by atoms with Gasteiger partial charge in [-0.15, -0.1) is 4.91 Å². The average Bonchev–Trinajstić information content (AvgIpc) is 2.67. The molecule has 0 saturated heterocycles. The highest BCUT2D eigenvalue weighted by Gasteiger charge is 2.10. The molecule has 0 spiro atoms. The average molecular weight is 212 g/mol. The first-order valence-corrected chi connectivity index (χ1v) is 4.85. The van der Waals surface area contributed by atoms with Gasteiger partial charge in [-0.05, 0) is 24.3 Å². The Morgan fingerprint density at radius 3 is 3.00 bits per heavy atom. The number of fused-ring (bicyclic) bond motifs is 3. The summed E-state index contributed by atoms with van der Waals surface area (Å²) in [5, 5.41) is 3.83. The summed E-state index contributed by atoms with van der Waals surface area (Å²) in [4.78, 5) is 19.0. The summed E-state index contributed by atoms with van der Waals surface area (Å²) in [5.74, 6) is 0.186. The number of pyridine rings is 1. The Balaban J connectivity index is 2.56. The lowest BCUT2D eigenvalue weighted by atomic mass is 10.2. The van der Waals surface area contributed by atoms with Gasteiger partial charge < -0.3 is 4.57 Å². The predicted molar refractivity (Wildman–Crippen MR) is 61.5 cm³/mol. The maximum absolute atomic E-state index is 10.6.